The van der Waals surface area contributed by atoms with Crippen molar-refractivity contribution in [3.63, 3.8) is 0 Å². The van der Waals surface area contributed by atoms with Gasteiger partial charge in [0.2, 0.25) is 11.8 Å². The van der Waals surface area contributed by atoms with Crippen molar-refractivity contribution in [2.45, 2.75) is 58.8 Å². The Morgan fingerprint density at radius 3 is 2.35 bits per heavy atom. The smallest absolute Gasteiger partial charge is 0.248 e. The van der Waals surface area contributed by atoms with Gasteiger partial charge in [-0.15, -0.1) is 0 Å². The highest BCUT2D eigenvalue weighted by Gasteiger charge is 2.39. The van der Waals surface area contributed by atoms with Gasteiger partial charge in [0, 0.05) is 31.8 Å². The minimum Gasteiger partial charge on any atom is -0.342 e. The van der Waals surface area contributed by atoms with Crippen molar-refractivity contribution in [2.24, 2.45) is 17.1 Å². The van der Waals surface area contributed by atoms with E-state index in [1.807, 2.05) is 25.7 Å². The Morgan fingerprint density at radius 2 is 1.90 bits per heavy atom. The largest absolute Gasteiger partial charge is 0.342 e. The van der Waals surface area contributed by atoms with Gasteiger partial charge < -0.3 is 10.6 Å². The molecule has 0 aliphatic heterocycles. The predicted octanol–water partition coefficient (Wildman–Crippen LogP) is 3.04. The zero-order valence-electron chi connectivity index (χ0n) is 12.9. The molecule has 20 heavy (non-hydrogen) atoms. The van der Waals surface area contributed by atoms with Gasteiger partial charge >= 0.3 is 0 Å². The summed E-state index contributed by atoms with van der Waals surface area (Å²) in [5.74, 6) is -2.79. The lowest BCUT2D eigenvalue weighted by molar-refractivity contribution is -0.141. The number of halogens is 2. The average molecular weight is 290 g/mol. The first kappa shape index (κ1) is 17.3. The van der Waals surface area contributed by atoms with Crippen molar-refractivity contribution in [1.82, 2.24) is 4.90 Å². The number of hydrogen-bond donors (Lipinski definition) is 1. The van der Waals surface area contributed by atoms with E-state index < -0.39 is 5.92 Å². The van der Waals surface area contributed by atoms with E-state index in [1.54, 1.807) is 0 Å². The van der Waals surface area contributed by atoms with E-state index in [-0.39, 0.29) is 30.1 Å². The van der Waals surface area contributed by atoms with E-state index in [0.717, 1.165) is 6.42 Å². The van der Waals surface area contributed by atoms with Gasteiger partial charge in [0.1, 0.15) is 0 Å². The summed E-state index contributed by atoms with van der Waals surface area (Å²) < 4.78 is 26.3. The lowest BCUT2D eigenvalue weighted by Gasteiger charge is -2.36. The lowest BCUT2D eigenvalue weighted by Crippen LogP contribution is -2.46. The molecule has 0 atom stereocenters. The Bertz CT molecular complexity index is 322. The normalized spacial score (nSPS) is 19.9. The number of carbonyl (C=O) groups excluding carboxylic acids is 1. The summed E-state index contributed by atoms with van der Waals surface area (Å²) in [5, 5.41) is 0. The van der Waals surface area contributed by atoms with Crippen LogP contribution in [0.15, 0.2) is 0 Å². The van der Waals surface area contributed by atoms with Crippen LogP contribution in [-0.4, -0.2) is 36.4 Å². The molecule has 1 rings (SSSR count). The van der Waals surface area contributed by atoms with Crippen molar-refractivity contribution in [3.05, 3.63) is 0 Å². The molecule has 2 N–H and O–H groups in total. The first-order valence-electron chi connectivity index (χ1n) is 7.57. The number of rotatable bonds is 6. The monoisotopic (exact) mass is 290 g/mol. The van der Waals surface area contributed by atoms with Crippen LogP contribution < -0.4 is 5.73 Å². The zero-order chi connectivity index (χ0) is 15.4. The van der Waals surface area contributed by atoms with Crippen LogP contribution in [0, 0.1) is 11.3 Å². The second-order valence-electron chi connectivity index (χ2n) is 6.76. The standard InChI is InChI=1S/C15H28F2N2O/c1-4-9-19(11-14(2,3)10-18)13(20)12-5-7-15(16,17)8-6-12/h12H,4-11,18H2,1-3H3. The van der Waals surface area contributed by atoms with Crippen molar-refractivity contribution < 1.29 is 13.6 Å². The molecule has 0 bridgehead atoms. The molecule has 0 unspecified atom stereocenters. The zero-order valence-corrected chi connectivity index (χ0v) is 12.9. The minimum absolute atomic E-state index is 0.0314. The lowest BCUT2D eigenvalue weighted by atomic mass is 9.85. The van der Waals surface area contributed by atoms with Gasteiger partial charge in [-0.25, -0.2) is 8.78 Å². The molecule has 0 saturated heterocycles. The van der Waals surface area contributed by atoms with Crippen molar-refractivity contribution in [2.75, 3.05) is 19.6 Å². The summed E-state index contributed by atoms with van der Waals surface area (Å²) in [7, 11) is 0. The van der Waals surface area contributed by atoms with Crippen LogP contribution in [0.25, 0.3) is 0 Å². The molecule has 0 aromatic heterocycles. The number of nitrogens with two attached hydrogens (primary N) is 1. The topological polar surface area (TPSA) is 46.3 Å². The van der Waals surface area contributed by atoms with Crippen LogP contribution in [0.5, 0.6) is 0 Å². The molecule has 3 nitrogen and oxygen atoms in total. The van der Waals surface area contributed by atoms with E-state index >= 15 is 0 Å². The molecule has 118 valence electrons. The third-order valence-corrected chi connectivity index (χ3v) is 4.04. The van der Waals surface area contributed by atoms with Crippen molar-refractivity contribution in [3.8, 4) is 0 Å². The number of carbonyl (C=O) groups is 1. The van der Waals surface area contributed by atoms with E-state index in [4.69, 9.17) is 5.73 Å². The number of amides is 1. The Labute approximate surface area is 120 Å². The van der Waals surface area contributed by atoms with Crippen LogP contribution in [0.1, 0.15) is 52.9 Å². The maximum Gasteiger partial charge on any atom is 0.248 e. The van der Waals surface area contributed by atoms with Gasteiger partial charge in [-0.2, -0.15) is 0 Å². The summed E-state index contributed by atoms with van der Waals surface area (Å²) >= 11 is 0. The third kappa shape index (κ3) is 5.00. The summed E-state index contributed by atoms with van der Waals surface area (Å²) in [5.41, 5.74) is 5.59. The van der Waals surface area contributed by atoms with Crippen molar-refractivity contribution in [1.29, 1.82) is 0 Å². The number of nitrogens with zero attached hydrogens (tertiary/aromatic N) is 1. The van der Waals surface area contributed by atoms with Gasteiger partial charge in [-0.05, 0) is 31.2 Å². The van der Waals surface area contributed by atoms with Gasteiger partial charge in [0.05, 0.1) is 0 Å². The van der Waals surface area contributed by atoms with Gasteiger partial charge in [-0.1, -0.05) is 20.8 Å². The maximum atomic E-state index is 13.2. The van der Waals surface area contributed by atoms with Gasteiger partial charge in [0.25, 0.3) is 0 Å². The van der Waals surface area contributed by atoms with Crippen LogP contribution >= 0.6 is 0 Å². The molecule has 0 heterocycles. The summed E-state index contributed by atoms with van der Waals surface area (Å²) in [6.45, 7) is 7.85. The molecule has 1 saturated carbocycles. The molecular formula is C15H28F2N2O. The highest BCUT2D eigenvalue weighted by Crippen LogP contribution is 2.37. The second-order valence-corrected chi connectivity index (χ2v) is 6.76. The Morgan fingerprint density at radius 1 is 1.35 bits per heavy atom. The fourth-order valence-corrected chi connectivity index (χ4v) is 2.66. The molecule has 0 radical (unpaired) electrons. The fourth-order valence-electron chi connectivity index (χ4n) is 2.66. The molecule has 0 aromatic rings. The van der Waals surface area contributed by atoms with Crippen molar-refractivity contribution >= 4 is 5.91 Å². The predicted molar refractivity (Wildman–Crippen MR) is 76.6 cm³/mol. The SMILES string of the molecule is CCCN(CC(C)(C)CN)C(=O)C1CCC(F)(F)CC1. The Hall–Kier alpha value is -0.710. The minimum atomic E-state index is -2.58. The molecular weight excluding hydrogens is 262 g/mol. The summed E-state index contributed by atoms with van der Waals surface area (Å²) in [6, 6.07) is 0. The van der Waals surface area contributed by atoms with Crippen LogP contribution in [0.2, 0.25) is 0 Å². The first-order valence-corrected chi connectivity index (χ1v) is 7.57. The number of hydrogen-bond acceptors (Lipinski definition) is 2. The van der Waals surface area contributed by atoms with E-state index in [0.29, 0.717) is 32.5 Å². The third-order valence-electron chi connectivity index (χ3n) is 4.04. The van der Waals surface area contributed by atoms with E-state index in [1.165, 1.54) is 0 Å². The molecule has 0 spiro atoms. The molecule has 0 aromatic carbocycles. The van der Waals surface area contributed by atoms with Crippen LogP contribution in [-0.2, 0) is 4.79 Å². The Balaban J connectivity index is 2.65. The fraction of sp³-hybridized carbons (Fsp3) is 0.933. The van der Waals surface area contributed by atoms with Crippen LogP contribution in [0.4, 0.5) is 8.78 Å². The summed E-state index contributed by atoms with van der Waals surface area (Å²) in [6.07, 6.45) is 1.15. The van der Waals surface area contributed by atoms with Gasteiger partial charge in [-0.3, -0.25) is 4.79 Å². The molecule has 1 aliphatic rings. The Kier molecular flexibility index (Phi) is 5.92. The molecule has 1 aliphatic carbocycles. The number of alkyl halides is 2. The summed E-state index contributed by atoms with van der Waals surface area (Å²) in [4.78, 5) is 14.4. The van der Waals surface area contributed by atoms with E-state index in [2.05, 4.69) is 0 Å². The maximum absolute atomic E-state index is 13.2. The first-order chi connectivity index (χ1) is 9.21. The second kappa shape index (κ2) is 6.83. The quantitative estimate of drug-likeness (QED) is 0.817. The molecule has 1 amide bonds. The van der Waals surface area contributed by atoms with Gasteiger partial charge in [0.15, 0.2) is 0 Å². The molecule has 1 fully saturated rings. The average Bonchev–Trinajstić information content (AvgIpc) is 2.37. The molecule has 5 heteroatoms. The van der Waals surface area contributed by atoms with E-state index in [9.17, 15) is 13.6 Å². The highest BCUT2D eigenvalue weighted by atomic mass is 19.3. The van der Waals surface area contributed by atoms with Crippen LogP contribution in [0.3, 0.4) is 0 Å². The highest BCUT2D eigenvalue weighted by molar-refractivity contribution is 5.79.